The van der Waals surface area contributed by atoms with Gasteiger partial charge >= 0.3 is 0 Å². The Hall–Kier alpha value is -2.01. The summed E-state index contributed by atoms with van der Waals surface area (Å²) in [7, 11) is 1.69. The van der Waals surface area contributed by atoms with Crippen molar-refractivity contribution < 1.29 is 14.0 Å². The van der Waals surface area contributed by atoms with Gasteiger partial charge in [0.25, 0.3) is 0 Å². The van der Waals surface area contributed by atoms with Gasteiger partial charge in [-0.3, -0.25) is 4.90 Å². The fourth-order valence-electron chi connectivity index (χ4n) is 3.52. The van der Waals surface area contributed by atoms with Gasteiger partial charge in [0.1, 0.15) is 11.5 Å². The Kier molecular flexibility index (Phi) is 5.97. The standard InChI is InChI=1S/C20H28N2O3/c1-4-7-16-13-17(21-25-16)18-8-6-11-22(18)14-15-9-10-19(24-5-2)20(12-15)23-3/h9-10,12-13,18H,4-8,11,14H2,1-3H3. The van der Waals surface area contributed by atoms with Crippen molar-refractivity contribution in [3.8, 4) is 11.5 Å². The molecule has 25 heavy (non-hydrogen) atoms. The number of aryl methyl sites for hydroxylation is 1. The first-order chi connectivity index (χ1) is 12.2. The van der Waals surface area contributed by atoms with Crippen LogP contribution < -0.4 is 9.47 Å². The van der Waals surface area contributed by atoms with Crippen molar-refractivity contribution in [2.75, 3.05) is 20.3 Å². The van der Waals surface area contributed by atoms with E-state index >= 15 is 0 Å². The van der Waals surface area contributed by atoms with Crippen LogP contribution in [0.3, 0.4) is 0 Å². The molecule has 0 aliphatic carbocycles. The number of benzene rings is 1. The van der Waals surface area contributed by atoms with Gasteiger partial charge in [-0.2, -0.15) is 0 Å². The maximum atomic E-state index is 5.61. The molecule has 1 aliphatic heterocycles. The van der Waals surface area contributed by atoms with E-state index in [9.17, 15) is 0 Å². The van der Waals surface area contributed by atoms with Gasteiger partial charge in [0.2, 0.25) is 0 Å². The fraction of sp³-hybridized carbons (Fsp3) is 0.550. The minimum atomic E-state index is 0.340. The molecule has 0 amide bonds. The summed E-state index contributed by atoms with van der Waals surface area (Å²) in [5, 5.41) is 4.32. The molecule has 136 valence electrons. The van der Waals surface area contributed by atoms with Crippen LogP contribution >= 0.6 is 0 Å². The highest BCUT2D eigenvalue weighted by Gasteiger charge is 2.28. The molecule has 1 aliphatic rings. The molecule has 1 saturated heterocycles. The largest absolute Gasteiger partial charge is 0.493 e. The van der Waals surface area contributed by atoms with Crippen LogP contribution in [0.4, 0.5) is 0 Å². The van der Waals surface area contributed by atoms with Gasteiger partial charge in [0, 0.05) is 19.0 Å². The first-order valence-corrected chi connectivity index (χ1v) is 9.24. The molecule has 1 fully saturated rings. The van der Waals surface area contributed by atoms with E-state index in [1.807, 2.05) is 13.0 Å². The van der Waals surface area contributed by atoms with Crippen LogP contribution in [0, 0.1) is 0 Å². The van der Waals surface area contributed by atoms with Crippen LogP contribution in [0.15, 0.2) is 28.8 Å². The number of aromatic nitrogens is 1. The third-order valence-electron chi connectivity index (χ3n) is 4.69. The van der Waals surface area contributed by atoms with Crippen LogP contribution in [0.2, 0.25) is 0 Å². The van der Waals surface area contributed by atoms with Crippen LogP contribution in [0.25, 0.3) is 0 Å². The Bertz CT molecular complexity index is 683. The quantitative estimate of drug-likeness (QED) is 0.711. The smallest absolute Gasteiger partial charge is 0.161 e. The molecule has 0 N–H and O–H groups in total. The van der Waals surface area contributed by atoms with E-state index in [4.69, 9.17) is 14.0 Å². The Morgan fingerprint density at radius 3 is 2.88 bits per heavy atom. The molecule has 0 radical (unpaired) electrons. The fourth-order valence-corrected chi connectivity index (χ4v) is 3.52. The van der Waals surface area contributed by atoms with Gasteiger partial charge in [0.05, 0.1) is 19.8 Å². The number of ether oxygens (including phenoxy) is 2. The lowest BCUT2D eigenvalue weighted by atomic mass is 10.1. The summed E-state index contributed by atoms with van der Waals surface area (Å²) in [4.78, 5) is 2.47. The number of rotatable bonds is 8. The molecule has 1 unspecified atom stereocenters. The number of hydrogen-bond donors (Lipinski definition) is 0. The number of likely N-dealkylation sites (tertiary alicyclic amines) is 1. The van der Waals surface area contributed by atoms with Gasteiger partial charge in [-0.1, -0.05) is 18.1 Å². The van der Waals surface area contributed by atoms with Gasteiger partial charge in [-0.05, 0) is 50.4 Å². The summed E-state index contributed by atoms with van der Waals surface area (Å²) in [6.07, 6.45) is 4.35. The highest BCUT2D eigenvalue weighted by Crippen LogP contribution is 2.34. The Labute approximate surface area is 149 Å². The van der Waals surface area contributed by atoms with Gasteiger partial charge < -0.3 is 14.0 Å². The van der Waals surface area contributed by atoms with Crippen molar-refractivity contribution in [2.24, 2.45) is 0 Å². The average molecular weight is 344 g/mol. The lowest BCUT2D eigenvalue weighted by Gasteiger charge is -2.23. The topological polar surface area (TPSA) is 47.7 Å². The highest BCUT2D eigenvalue weighted by atomic mass is 16.5. The minimum absolute atomic E-state index is 0.340. The zero-order valence-electron chi connectivity index (χ0n) is 15.5. The minimum Gasteiger partial charge on any atom is -0.493 e. The molecule has 5 heteroatoms. The van der Waals surface area contributed by atoms with Crippen molar-refractivity contribution >= 4 is 0 Å². The van der Waals surface area contributed by atoms with Crippen molar-refractivity contribution in [3.63, 3.8) is 0 Å². The summed E-state index contributed by atoms with van der Waals surface area (Å²) in [6.45, 7) is 6.73. The molecule has 2 aromatic rings. The molecule has 0 spiro atoms. The van der Waals surface area contributed by atoms with E-state index in [-0.39, 0.29) is 0 Å². The SMILES string of the molecule is CCCc1cc(C2CCCN2Cc2ccc(OCC)c(OC)c2)no1. The van der Waals surface area contributed by atoms with Crippen molar-refractivity contribution in [3.05, 3.63) is 41.3 Å². The Balaban J connectivity index is 1.72. The van der Waals surface area contributed by atoms with Crippen LogP contribution in [0.1, 0.15) is 56.2 Å². The average Bonchev–Trinajstić information content (AvgIpc) is 3.26. The van der Waals surface area contributed by atoms with E-state index in [1.165, 1.54) is 12.0 Å². The molecular weight excluding hydrogens is 316 g/mol. The molecule has 1 aromatic carbocycles. The lowest BCUT2D eigenvalue weighted by molar-refractivity contribution is 0.235. The second-order valence-electron chi connectivity index (χ2n) is 6.51. The van der Waals surface area contributed by atoms with Gasteiger partial charge in [0.15, 0.2) is 11.5 Å². The zero-order chi connectivity index (χ0) is 17.6. The van der Waals surface area contributed by atoms with E-state index in [2.05, 4.69) is 35.2 Å². The molecule has 2 heterocycles. The van der Waals surface area contributed by atoms with E-state index in [0.29, 0.717) is 12.6 Å². The molecule has 1 atom stereocenters. The maximum Gasteiger partial charge on any atom is 0.161 e. The molecule has 5 nitrogen and oxygen atoms in total. The Morgan fingerprint density at radius 1 is 1.24 bits per heavy atom. The summed E-state index contributed by atoms with van der Waals surface area (Å²) in [6, 6.07) is 8.66. The third-order valence-corrected chi connectivity index (χ3v) is 4.69. The summed E-state index contributed by atoms with van der Waals surface area (Å²) >= 11 is 0. The summed E-state index contributed by atoms with van der Waals surface area (Å²) in [5.41, 5.74) is 2.29. The normalized spacial score (nSPS) is 17.8. The number of nitrogens with zero attached hydrogens (tertiary/aromatic N) is 2. The number of methoxy groups -OCH3 is 1. The molecule has 0 bridgehead atoms. The lowest BCUT2D eigenvalue weighted by Crippen LogP contribution is -2.23. The van der Waals surface area contributed by atoms with E-state index < -0.39 is 0 Å². The second kappa shape index (κ2) is 8.39. The van der Waals surface area contributed by atoms with Crippen LogP contribution in [-0.4, -0.2) is 30.3 Å². The monoisotopic (exact) mass is 344 g/mol. The highest BCUT2D eigenvalue weighted by molar-refractivity contribution is 5.43. The molecule has 1 aromatic heterocycles. The second-order valence-corrected chi connectivity index (χ2v) is 6.51. The van der Waals surface area contributed by atoms with E-state index in [0.717, 1.165) is 55.3 Å². The van der Waals surface area contributed by atoms with Crippen molar-refractivity contribution in [1.82, 2.24) is 10.1 Å². The van der Waals surface area contributed by atoms with E-state index in [1.54, 1.807) is 7.11 Å². The number of hydrogen-bond acceptors (Lipinski definition) is 5. The predicted molar refractivity (Wildman–Crippen MR) is 97.0 cm³/mol. The van der Waals surface area contributed by atoms with Gasteiger partial charge in [-0.15, -0.1) is 0 Å². The van der Waals surface area contributed by atoms with Crippen molar-refractivity contribution in [1.29, 1.82) is 0 Å². The maximum absolute atomic E-state index is 5.61. The molecule has 3 rings (SSSR count). The third kappa shape index (κ3) is 4.15. The van der Waals surface area contributed by atoms with Crippen LogP contribution in [-0.2, 0) is 13.0 Å². The summed E-state index contributed by atoms with van der Waals surface area (Å²) in [5.74, 6) is 2.58. The summed E-state index contributed by atoms with van der Waals surface area (Å²) < 4.78 is 16.6. The first kappa shape index (κ1) is 17.8. The van der Waals surface area contributed by atoms with Crippen LogP contribution in [0.5, 0.6) is 11.5 Å². The Morgan fingerprint density at radius 2 is 2.12 bits per heavy atom. The van der Waals surface area contributed by atoms with Crippen molar-refractivity contribution in [2.45, 2.75) is 52.1 Å². The molecular formula is C20H28N2O3. The van der Waals surface area contributed by atoms with Gasteiger partial charge in [-0.25, -0.2) is 0 Å². The molecule has 0 saturated carbocycles. The predicted octanol–water partition coefficient (Wildman–Crippen LogP) is 4.37. The first-order valence-electron chi connectivity index (χ1n) is 9.24. The zero-order valence-corrected chi connectivity index (χ0v) is 15.5.